The molecule has 0 saturated heterocycles. The zero-order valence-corrected chi connectivity index (χ0v) is 13.1. The summed E-state index contributed by atoms with van der Waals surface area (Å²) in [7, 11) is 3.33. The van der Waals surface area contributed by atoms with Crippen LogP contribution >= 0.6 is 15.9 Å². The molecule has 1 amide bonds. The van der Waals surface area contributed by atoms with Gasteiger partial charge in [-0.1, -0.05) is 0 Å². The average Bonchev–Trinajstić information content (AvgIpc) is 2.42. The second-order valence-electron chi connectivity index (χ2n) is 4.63. The molecule has 110 valence electrons. The fourth-order valence-corrected chi connectivity index (χ4v) is 2.14. The number of ether oxygens (including phenoxy) is 1. The van der Waals surface area contributed by atoms with Crippen molar-refractivity contribution in [3.8, 4) is 11.5 Å². The van der Waals surface area contributed by atoms with Crippen molar-refractivity contribution in [2.75, 3.05) is 19.8 Å². The first-order chi connectivity index (χ1) is 9.88. The van der Waals surface area contributed by atoms with Crippen molar-refractivity contribution in [2.24, 2.45) is 0 Å². The minimum absolute atomic E-state index is 0.142. The smallest absolute Gasteiger partial charge is 0.253 e. The van der Waals surface area contributed by atoms with Crippen molar-refractivity contribution in [3.05, 3.63) is 52.3 Å². The molecule has 2 aromatic carbocycles. The minimum atomic E-state index is -0.367. The first-order valence-electron chi connectivity index (χ1n) is 6.12. The van der Waals surface area contributed by atoms with Gasteiger partial charge in [-0.05, 0) is 52.3 Å². The fourth-order valence-electron chi connectivity index (χ4n) is 1.71. The van der Waals surface area contributed by atoms with E-state index in [4.69, 9.17) is 10.5 Å². The second kappa shape index (κ2) is 6.13. The number of hydrogen-bond acceptors (Lipinski definition) is 3. The van der Waals surface area contributed by atoms with Crippen LogP contribution < -0.4 is 10.5 Å². The lowest BCUT2D eigenvalue weighted by atomic mass is 10.1. The summed E-state index contributed by atoms with van der Waals surface area (Å²) in [6.07, 6.45) is 0. The Morgan fingerprint density at radius 1 is 1.19 bits per heavy atom. The molecule has 0 atom stereocenters. The molecule has 0 heterocycles. The summed E-state index contributed by atoms with van der Waals surface area (Å²) in [6, 6.07) is 8.88. The van der Waals surface area contributed by atoms with Gasteiger partial charge in [0.1, 0.15) is 17.3 Å². The molecular weight excluding hydrogens is 339 g/mol. The van der Waals surface area contributed by atoms with Gasteiger partial charge in [0, 0.05) is 19.7 Å². The van der Waals surface area contributed by atoms with Gasteiger partial charge in [0.05, 0.1) is 10.2 Å². The SMILES string of the molecule is CN(C)C(=O)c1ccc(Oc2ccc(F)cc2Br)c(N)c1. The second-order valence-corrected chi connectivity index (χ2v) is 5.48. The molecule has 0 fully saturated rings. The van der Waals surface area contributed by atoms with Crippen LogP contribution in [0.2, 0.25) is 0 Å². The first-order valence-corrected chi connectivity index (χ1v) is 6.92. The Labute approximate surface area is 130 Å². The van der Waals surface area contributed by atoms with Crippen LogP contribution in [0, 0.1) is 5.82 Å². The van der Waals surface area contributed by atoms with Crippen molar-refractivity contribution < 1.29 is 13.9 Å². The largest absolute Gasteiger partial charge is 0.454 e. The van der Waals surface area contributed by atoms with E-state index in [1.54, 1.807) is 32.3 Å². The van der Waals surface area contributed by atoms with Crippen LogP contribution in [-0.4, -0.2) is 24.9 Å². The maximum Gasteiger partial charge on any atom is 0.253 e. The monoisotopic (exact) mass is 352 g/mol. The maximum absolute atomic E-state index is 13.0. The van der Waals surface area contributed by atoms with E-state index in [9.17, 15) is 9.18 Å². The van der Waals surface area contributed by atoms with E-state index >= 15 is 0 Å². The molecule has 2 aromatic rings. The Morgan fingerprint density at radius 3 is 2.43 bits per heavy atom. The van der Waals surface area contributed by atoms with Gasteiger partial charge in [0.2, 0.25) is 0 Å². The van der Waals surface area contributed by atoms with E-state index in [1.807, 2.05) is 0 Å². The maximum atomic E-state index is 13.0. The number of nitrogens with zero attached hydrogens (tertiary/aromatic N) is 1. The van der Waals surface area contributed by atoms with Crippen LogP contribution in [0.4, 0.5) is 10.1 Å². The third-order valence-electron chi connectivity index (χ3n) is 2.78. The number of nitrogen functional groups attached to an aromatic ring is 1. The Bertz CT molecular complexity index is 689. The predicted octanol–water partition coefficient (Wildman–Crippen LogP) is 3.66. The molecule has 0 aliphatic carbocycles. The Morgan fingerprint density at radius 2 is 1.86 bits per heavy atom. The van der Waals surface area contributed by atoms with E-state index in [-0.39, 0.29) is 11.7 Å². The molecular formula is C15H14BrFN2O2. The average molecular weight is 353 g/mol. The number of anilines is 1. The van der Waals surface area contributed by atoms with E-state index < -0.39 is 0 Å². The molecule has 0 bridgehead atoms. The third-order valence-corrected chi connectivity index (χ3v) is 3.40. The molecule has 2 rings (SSSR count). The molecule has 0 saturated carbocycles. The van der Waals surface area contributed by atoms with Gasteiger partial charge in [0.25, 0.3) is 5.91 Å². The highest BCUT2D eigenvalue weighted by Gasteiger charge is 2.12. The normalized spacial score (nSPS) is 10.3. The van der Waals surface area contributed by atoms with Gasteiger partial charge in [-0.15, -0.1) is 0 Å². The number of rotatable bonds is 3. The molecule has 6 heteroatoms. The van der Waals surface area contributed by atoms with Gasteiger partial charge < -0.3 is 15.4 Å². The summed E-state index contributed by atoms with van der Waals surface area (Å²) in [4.78, 5) is 13.3. The van der Waals surface area contributed by atoms with Crippen LogP contribution in [0.25, 0.3) is 0 Å². The number of carbonyl (C=O) groups excluding carboxylic acids is 1. The summed E-state index contributed by atoms with van der Waals surface area (Å²) in [5.74, 6) is 0.331. The number of nitrogens with two attached hydrogens (primary N) is 1. The van der Waals surface area contributed by atoms with E-state index in [0.717, 1.165) is 0 Å². The Hall–Kier alpha value is -2.08. The van der Waals surface area contributed by atoms with Crippen LogP contribution in [0.15, 0.2) is 40.9 Å². The highest BCUT2D eigenvalue weighted by atomic mass is 79.9. The van der Waals surface area contributed by atoms with Crippen LogP contribution in [-0.2, 0) is 0 Å². The van der Waals surface area contributed by atoms with E-state index in [0.29, 0.717) is 27.2 Å². The zero-order chi connectivity index (χ0) is 15.6. The molecule has 0 aliphatic heterocycles. The fraction of sp³-hybridized carbons (Fsp3) is 0.133. The quantitative estimate of drug-likeness (QED) is 0.857. The summed E-state index contributed by atoms with van der Waals surface area (Å²) >= 11 is 3.22. The highest BCUT2D eigenvalue weighted by molar-refractivity contribution is 9.10. The lowest BCUT2D eigenvalue weighted by Gasteiger charge is -2.13. The molecule has 0 aliphatic rings. The van der Waals surface area contributed by atoms with Gasteiger partial charge in [-0.25, -0.2) is 4.39 Å². The summed E-state index contributed by atoms with van der Waals surface area (Å²) in [6.45, 7) is 0. The Kier molecular flexibility index (Phi) is 4.47. The van der Waals surface area contributed by atoms with Crippen molar-refractivity contribution in [3.63, 3.8) is 0 Å². The van der Waals surface area contributed by atoms with Crippen LogP contribution in [0.1, 0.15) is 10.4 Å². The molecule has 0 radical (unpaired) electrons. The molecule has 4 nitrogen and oxygen atoms in total. The lowest BCUT2D eigenvalue weighted by molar-refractivity contribution is 0.0827. The number of amides is 1. The minimum Gasteiger partial charge on any atom is -0.454 e. The number of halogens is 2. The molecule has 21 heavy (non-hydrogen) atoms. The topological polar surface area (TPSA) is 55.6 Å². The molecule has 0 aromatic heterocycles. The van der Waals surface area contributed by atoms with Gasteiger partial charge in [-0.3, -0.25) is 4.79 Å². The van der Waals surface area contributed by atoms with Gasteiger partial charge in [-0.2, -0.15) is 0 Å². The Balaban J connectivity index is 2.27. The predicted molar refractivity (Wildman–Crippen MR) is 83.0 cm³/mol. The van der Waals surface area contributed by atoms with E-state index in [2.05, 4.69) is 15.9 Å². The van der Waals surface area contributed by atoms with Gasteiger partial charge >= 0.3 is 0 Å². The lowest BCUT2D eigenvalue weighted by Crippen LogP contribution is -2.21. The third kappa shape index (κ3) is 3.52. The number of hydrogen-bond donors (Lipinski definition) is 1. The van der Waals surface area contributed by atoms with Crippen LogP contribution in [0.3, 0.4) is 0 Å². The standard InChI is InChI=1S/C15H14BrFN2O2/c1-19(2)15(20)9-3-5-14(12(18)7-9)21-13-6-4-10(17)8-11(13)16/h3-8H,18H2,1-2H3. The van der Waals surface area contributed by atoms with E-state index in [1.165, 1.54) is 23.1 Å². The number of carbonyl (C=O) groups is 1. The summed E-state index contributed by atoms with van der Waals surface area (Å²) < 4.78 is 19.1. The van der Waals surface area contributed by atoms with Crippen molar-refractivity contribution >= 4 is 27.5 Å². The highest BCUT2D eigenvalue weighted by Crippen LogP contribution is 2.33. The zero-order valence-electron chi connectivity index (χ0n) is 11.6. The molecule has 2 N–H and O–H groups in total. The summed E-state index contributed by atoms with van der Waals surface area (Å²) in [5.41, 5.74) is 6.71. The van der Waals surface area contributed by atoms with Crippen molar-refractivity contribution in [1.29, 1.82) is 0 Å². The van der Waals surface area contributed by atoms with Crippen LogP contribution in [0.5, 0.6) is 11.5 Å². The number of benzene rings is 2. The summed E-state index contributed by atoms with van der Waals surface area (Å²) in [5, 5.41) is 0. The van der Waals surface area contributed by atoms with Crippen molar-refractivity contribution in [2.45, 2.75) is 0 Å². The molecule has 0 unspecified atom stereocenters. The van der Waals surface area contributed by atoms with Gasteiger partial charge in [0.15, 0.2) is 0 Å². The molecule has 0 spiro atoms. The first kappa shape index (κ1) is 15.3. The van der Waals surface area contributed by atoms with Crippen molar-refractivity contribution in [1.82, 2.24) is 4.90 Å².